The average molecular weight is 199 g/mol. The van der Waals surface area contributed by atoms with Crippen LogP contribution in [0.25, 0.3) is 0 Å². The minimum absolute atomic E-state index is 0.251. The van der Waals surface area contributed by atoms with E-state index in [9.17, 15) is 4.79 Å². The Labute approximate surface area is 86.5 Å². The smallest absolute Gasteiger partial charge is 0.236 e. The van der Waals surface area contributed by atoms with Gasteiger partial charge in [0.25, 0.3) is 0 Å². The van der Waals surface area contributed by atoms with Crippen molar-refractivity contribution in [2.24, 2.45) is 0 Å². The molecule has 0 saturated carbocycles. The molecule has 1 heterocycles. The van der Waals surface area contributed by atoms with Gasteiger partial charge in [0.2, 0.25) is 5.91 Å². The molecule has 0 bridgehead atoms. The second-order valence-corrected chi connectivity index (χ2v) is 4.25. The van der Waals surface area contributed by atoms with Crippen LogP contribution in [0.3, 0.4) is 0 Å². The maximum Gasteiger partial charge on any atom is 0.236 e. The van der Waals surface area contributed by atoms with Gasteiger partial charge in [-0.2, -0.15) is 0 Å². The molecule has 1 amide bonds. The van der Waals surface area contributed by atoms with E-state index in [4.69, 9.17) is 0 Å². The Hall–Kier alpha value is -0.610. The molecule has 82 valence electrons. The topological polar surface area (TPSA) is 26.8 Å². The fourth-order valence-electron chi connectivity index (χ4n) is 1.61. The van der Waals surface area contributed by atoms with Gasteiger partial charge in [-0.15, -0.1) is 0 Å². The molecular formula is C10H21N3O. The van der Waals surface area contributed by atoms with Gasteiger partial charge in [0.15, 0.2) is 0 Å². The molecule has 1 aliphatic heterocycles. The van der Waals surface area contributed by atoms with Crippen LogP contribution in [0.2, 0.25) is 0 Å². The van der Waals surface area contributed by atoms with Crippen LogP contribution >= 0.6 is 0 Å². The molecule has 0 aromatic rings. The van der Waals surface area contributed by atoms with Crippen molar-refractivity contribution in [3.05, 3.63) is 0 Å². The highest BCUT2D eigenvalue weighted by molar-refractivity contribution is 5.78. The highest BCUT2D eigenvalue weighted by atomic mass is 16.2. The molecule has 1 saturated heterocycles. The summed E-state index contributed by atoms with van der Waals surface area (Å²) in [6, 6.07) is 0. The molecule has 0 spiro atoms. The minimum Gasteiger partial charge on any atom is -0.343 e. The molecule has 0 N–H and O–H groups in total. The third-order valence-corrected chi connectivity index (χ3v) is 2.62. The lowest BCUT2D eigenvalue weighted by Gasteiger charge is -2.32. The Bertz CT molecular complexity index is 194. The number of likely N-dealkylation sites (N-methyl/N-ethyl adjacent to an activating group) is 1. The number of amides is 1. The van der Waals surface area contributed by atoms with Gasteiger partial charge in [0.1, 0.15) is 0 Å². The summed E-state index contributed by atoms with van der Waals surface area (Å²) in [5.41, 5.74) is 0. The summed E-state index contributed by atoms with van der Waals surface area (Å²) in [6.07, 6.45) is 1.14. The predicted octanol–water partition coefficient (Wildman–Crippen LogP) is -0.288. The second-order valence-electron chi connectivity index (χ2n) is 4.25. The van der Waals surface area contributed by atoms with Gasteiger partial charge in [0.05, 0.1) is 6.54 Å². The first-order valence-electron chi connectivity index (χ1n) is 5.20. The maximum atomic E-state index is 11.4. The van der Waals surface area contributed by atoms with Crippen molar-refractivity contribution >= 4 is 5.91 Å². The molecule has 1 rings (SSSR count). The lowest BCUT2D eigenvalue weighted by molar-refractivity contribution is -0.134. The fourth-order valence-corrected chi connectivity index (χ4v) is 1.61. The van der Waals surface area contributed by atoms with E-state index in [1.165, 1.54) is 0 Å². The van der Waals surface area contributed by atoms with Crippen LogP contribution in [-0.4, -0.2) is 74.5 Å². The van der Waals surface area contributed by atoms with E-state index in [0.717, 1.165) is 32.6 Å². The first-order chi connectivity index (χ1) is 6.59. The van der Waals surface area contributed by atoms with Crippen molar-refractivity contribution in [1.29, 1.82) is 0 Å². The SMILES string of the molecule is CN(C)CCCN1CCN(C)C(=O)C1. The van der Waals surface area contributed by atoms with E-state index in [0.29, 0.717) is 6.54 Å². The zero-order valence-corrected chi connectivity index (χ0v) is 9.49. The standard InChI is InChI=1S/C10H21N3O/c1-11(2)5-4-6-13-8-7-12(3)10(14)9-13/h4-9H2,1-3H3. The molecule has 0 aromatic heterocycles. The zero-order valence-electron chi connectivity index (χ0n) is 9.49. The van der Waals surface area contributed by atoms with Gasteiger partial charge in [-0.05, 0) is 33.6 Å². The molecule has 4 nitrogen and oxygen atoms in total. The number of rotatable bonds is 4. The van der Waals surface area contributed by atoms with Gasteiger partial charge >= 0.3 is 0 Å². The second kappa shape index (κ2) is 5.32. The zero-order chi connectivity index (χ0) is 10.6. The van der Waals surface area contributed by atoms with Crippen LogP contribution in [0.15, 0.2) is 0 Å². The van der Waals surface area contributed by atoms with E-state index >= 15 is 0 Å². The minimum atomic E-state index is 0.251. The summed E-state index contributed by atoms with van der Waals surface area (Å²) < 4.78 is 0. The summed E-state index contributed by atoms with van der Waals surface area (Å²) in [4.78, 5) is 17.6. The summed E-state index contributed by atoms with van der Waals surface area (Å²) in [6.45, 7) is 4.64. The first-order valence-corrected chi connectivity index (χ1v) is 5.20. The number of carbonyl (C=O) groups excluding carboxylic acids is 1. The van der Waals surface area contributed by atoms with Crippen LogP contribution in [0.1, 0.15) is 6.42 Å². The van der Waals surface area contributed by atoms with Crippen LogP contribution in [0, 0.1) is 0 Å². The molecule has 0 unspecified atom stereocenters. The lowest BCUT2D eigenvalue weighted by Crippen LogP contribution is -2.48. The third-order valence-electron chi connectivity index (χ3n) is 2.62. The van der Waals surface area contributed by atoms with Crippen LogP contribution in [-0.2, 0) is 4.79 Å². The quantitative estimate of drug-likeness (QED) is 0.622. The molecule has 1 aliphatic rings. The van der Waals surface area contributed by atoms with Gasteiger partial charge in [-0.1, -0.05) is 0 Å². The molecule has 0 atom stereocenters. The van der Waals surface area contributed by atoms with Crippen molar-refractivity contribution < 1.29 is 4.79 Å². The van der Waals surface area contributed by atoms with Crippen molar-refractivity contribution in [2.45, 2.75) is 6.42 Å². The normalized spacial score (nSPS) is 19.4. The molecular weight excluding hydrogens is 178 g/mol. The van der Waals surface area contributed by atoms with Crippen LogP contribution < -0.4 is 0 Å². The number of nitrogens with zero attached hydrogens (tertiary/aromatic N) is 3. The van der Waals surface area contributed by atoms with Crippen LogP contribution in [0.4, 0.5) is 0 Å². The number of carbonyl (C=O) groups is 1. The summed E-state index contributed by atoms with van der Waals surface area (Å²) >= 11 is 0. The summed E-state index contributed by atoms with van der Waals surface area (Å²) in [7, 11) is 6.03. The lowest BCUT2D eigenvalue weighted by atomic mass is 10.3. The van der Waals surface area contributed by atoms with Gasteiger partial charge in [-0.25, -0.2) is 0 Å². The number of hydrogen-bond donors (Lipinski definition) is 0. The summed E-state index contributed by atoms with van der Waals surface area (Å²) in [5.74, 6) is 0.251. The maximum absolute atomic E-state index is 11.4. The monoisotopic (exact) mass is 199 g/mol. The molecule has 1 fully saturated rings. The Morgan fingerprint density at radius 1 is 1.36 bits per heavy atom. The van der Waals surface area contributed by atoms with Gasteiger partial charge < -0.3 is 9.80 Å². The molecule has 14 heavy (non-hydrogen) atoms. The largest absolute Gasteiger partial charge is 0.343 e. The first kappa shape index (κ1) is 11.5. The van der Waals surface area contributed by atoms with E-state index < -0.39 is 0 Å². The van der Waals surface area contributed by atoms with Gasteiger partial charge in [0, 0.05) is 20.1 Å². The van der Waals surface area contributed by atoms with Crippen molar-refractivity contribution in [3.63, 3.8) is 0 Å². The highest BCUT2D eigenvalue weighted by Gasteiger charge is 2.19. The third kappa shape index (κ3) is 3.64. The molecule has 4 heteroatoms. The van der Waals surface area contributed by atoms with E-state index in [-0.39, 0.29) is 5.91 Å². The Morgan fingerprint density at radius 2 is 2.07 bits per heavy atom. The molecule has 0 aromatic carbocycles. The van der Waals surface area contributed by atoms with Crippen LogP contribution in [0.5, 0.6) is 0 Å². The predicted molar refractivity (Wildman–Crippen MR) is 57.2 cm³/mol. The van der Waals surface area contributed by atoms with Crippen molar-refractivity contribution in [3.8, 4) is 0 Å². The Kier molecular flexibility index (Phi) is 4.35. The van der Waals surface area contributed by atoms with E-state index in [1.54, 1.807) is 0 Å². The number of piperazine rings is 1. The highest BCUT2D eigenvalue weighted by Crippen LogP contribution is 2.01. The fraction of sp³-hybridized carbons (Fsp3) is 0.900. The summed E-state index contributed by atoms with van der Waals surface area (Å²) in [5, 5.41) is 0. The van der Waals surface area contributed by atoms with Crippen molar-refractivity contribution in [1.82, 2.24) is 14.7 Å². The molecule has 0 aliphatic carbocycles. The Balaban J connectivity index is 2.17. The Morgan fingerprint density at radius 3 is 2.64 bits per heavy atom. The van der Waals surface area contributed by atoms with Gasteiger partial charge in [-0.3, -0.25) is 9.69 Å². The average Bonchev–Trinajstić information content (AvgIpc) is 2.10. The molecule has 0 radical (unpaired) electrons. The van der Waals surface area contributed by atoms with E-state index in [2.05, 4.69) is 23.9 Å². The van der Waals surface area contributed by atoms with E-state index in [1.807, 2.05) is 11.9 Å². The van der Waals surface area contributed by atoms with Crippen molar-refractivity contribution in [2.75, 3.05) is 53.9 Å². The number of hydrogen-bond acceptors (Lipinski definition) is 3.